The van der Waals surface area contributed by atoms with Crippen LogP contribution in [0.5, 0.6) is 0 Å². The lowest BCUT2D eigenvalue weighted by Crippen LogP contribution is -2.24. The topological polar surface area (TPSA) is 28.4 Å². The van der Waals surface area contributed by atoms with Crippen LogP contribution in [0.3, 0.4) is 0 Å². The zero-order chi connectivity index (χ0) is 17.0. The molecule has 1 aromatic carbocycles. The maximum atomic E-state index is 13.4. The van der Waals surface area contributed by atoms with Crippen LogP contribution >= 0.6 is 0 Å². The van der Waals surface area contributed by atoms with Gasteiger partial charge in [0.15, 0.2) is 0 Å². The monoisotopic (exact) mass is 326 g/mol. The molecule has 6 heteroatoms. The minimum Gasteiger partial charge on any atom is -0.392 e. The maximum absolute atomic E-state index is 13.4. The van der Waals surface area contributed by atoms with Gasteiger partial charge in [0.05, 0.1) is 17.9 Å². The maximum Gasteiger partial charge on any atom is 0.418 e. The summed E-state index contributed by atoms with van der Waals surface area (Å²) >= 11 is 0. The van der Waals surface area contributed by atoms with Crippen LogP contribution in [0.25, 0.3) is 5.69 Å². The molecule has 0 aliphatic heterocycles. The van der Waals surface area contributed by atoms with E-state index in [0.717, 1.165) is 24.8 Å². The number of aliphatic hydroxyl groups excluding tert-OH is 1. The van der Waals surface area contributed by atoms with Gasteiger partial charge < -0.3 is 9.67 Å². The van der Waals surface area contributed by atoms with Gasteiger partial charge in [-0.1, -0.05) is 26.0 Å². The van der Waals surface area contributed by atoms with Crippen molar-refractivity contribution >= 4 is 0 Å². The van der Waals surface area contributed by atoms with Gasteiger partial charge in [-0.05, 0) is 31.3 Å². The quantitative estimate of drug-likeness (QED) is 0.874. The van der Waals surface area contributed by atoms with Crippen molar-refractivity contribution in [3.63, 3.8) is 0 Å². The predicted octanol–water partition coefficient (Wildman–Crippen LogP) is 3.83. The number of rotatable bonds is 6. The van der Waals surface area contributed by atoms with Gasteiger partial charge in [0.2, 0.25) is 0 Å². The summed E-state index contributed by atoms with van der Waals surface area (Å²) in [6.07, 6.45) is -2.86. The molecule has 0 aliphatic rings. The lowest BCUT2D eigenvalue weighted by molar-refractivity contribution is -0.137. The Morgan fingerprint density at radius 2 is 1.78 bits per heavy atom. The first kappa shape index (κ1) is 17.6. The van der Waals surface area contributed by atoms with Crippen LogP contribution in [-0.4, -0.2) is 27.7 Å². The lowest BCUT2D eigenvalue weighted by Gasteiger charge is -2.22. The second-order valence-corrected chi connectivity index (χ2v) is 5.30. The van der Waals surface area contributed by atoms with E-state index in [1.165, 1.54) is 16.7 Å². The summed E-state index contributed by atoms with van der Waals surface area (Å²) in [7, 11) is 0. The molecule has 0 atom stereocenters. The molecule has 2 rings (SSSR count). The molecule has 2 aromatic rings. The number of hydrogen-bond donors (Lipinski definition) is 1. The van der Waals surface area contributed by atoms with Crippen LogP contribution in [0.15, 0.2) is 36.5 Å². The molecule has 1 N–H and O–H groups in total. The molecule has 0 aliphatic carbocycles. The van der Waals surface area contributed by atoms with Crippen molar-refractivity contribution in [3.05, 3.63) is 53.3 Å². The average molecular weight is 326 g/mol. The van der Waals surface area contributed by atoms with Crippen LogP contribution in [0.2, 0.25) is 0 Å². The summed E-state index contributed by atoms with van der Waals surface area (Å²) in [5.74, 6) is 0. The van der Waals surface area contributed by atoms with E-state index in [1.54, 1.807) is 12.3 Å². The molecule has 3 nitrogen and oxygen atoms in total. The standard InChI is InChI=1S/C17H21F3N2O/c1-3-21(4-2)11-14-8-6-10-22(14)16-13(12-23)7-5-9-15(16)17(18,19)20/h5-10,23H,3-4,11-12H2,1-2H3. The molecule has 1 heterocycles. The van der Waals surface area contributed by atoms with Crippen molar-refractivity contribution in [2.45, 2.75) is 33.2 Å². The first-order valence-electron chi connectivity index (χ1n) is 7.61. The minimum atomic E-state index is -4.47. The number of nitrogens with zero attached hydrogens (tertiary/aromatic N) is 2. The van der Waals surface area contributed by atoms with Gasteiger partial charge in [-0.25, -0.2) is 0 Å². The predicted molar refractivity (Wildman–Crippen MR) is 83.3 cm³/mol. The second kappa shape index (κ2) is 7.19. The van der Waals surface area contributed by atoms with Crippen molar-refractivity contribution in [2.24, 2.45) is 0 Å². The number of alkyl halides is 3. The SMILES string of the molecule is CCN(CC)Cc1cccn1-c1c(CO)cccc1C(F)(F)F. The number of aromatic nitrogens is 1. The zero-order valence-electron chi connectivity index (χ0n) is 13.3. The summed E-state index contributed by atoms with van der Waals surface area (Å²) < 4.78 is 41.7. The van der Waals surface area contributed by atoms with Crippen LogP contribution in [0.4, 0.5) is 13.2 Å². The molecule has 126 valence electrons. The third-order valence-electron chi connectivity index (χ3n) is 3.95. The summed E-state index contributed by atoms with van der Waals surface area (Å²) in [4.78, 5) is 2.13. The van der Waals surface area contributed by atoms with Gasteiger partial charge in [0.1, 0.15) is 0 Å². The van der Waals surface area contributed by atoms with Crippen LogP contribution in [0, 0.1) is 0 Å². The van der Waals surface area contributed by atoms with Gasteiger partial charge in [-0.2, -0.15) is 13.2 Å². The molecule has 1 aromatic heterocycles. The molecule has 0 bridgehead atoms. The molecule has 0 amide bonds. The molecule has 0 fully saturated rings. The van der Waals surface area contributed by atoms with E-state index in [9.17, 15) is 18.3 Å². The Hall–Kier alpha value is -1.79. The molecule has 0 saturated carbocycles. The molecule has 23 heavy (non-hydrogen) atoms. The number of halogens is 3. The molecule has 0 saturated heterocycles. The normalized spacial score (nSPS) is 12.1. The van der Waals surface area contributed by atoms with E-state index in [0.29, 0.717) is 6.54 Å². The van der Waals surface area contributed by atoms with Crippen molar-refractivity contribution < 1.29 is 18.3 Å². The van der Waals surface area contributed by atoms with Crippen molar-refractivity contribution in [1.29, 1.82) is 0 Å². The van der Waals surface area contributed by atoms with Gasteiger partial charge in [0, 0.05) is 24.0 Å². The lowest BCUT2D eigenvalue weighted by atomic mass is 10.1. The van der Waals surface area contributed by atoms with Gasteiger partial charge in [-0.3, -0.25) is 4.90 Å². The first-order chi connectivity index (χ1) is 10.9. The van der Waals surface area contributed by atoms with Crippen LogP contribution in [-0.2, 0) is 19.3 Å². The molecular formula is C17H21F3N2O. The highest BCUT2D eigenvalue weighted by molar-refractivity contribution is 5.51. The van der Waals surface area contributed by atoms with Gasteiger partial charge >= 0.3 is 6.18 Å². The van der Waals surface area contributed by atoms with E-state index >= 15 is 0 Å². The van der Waals surface area contributed by atoms with E-state index in [-0.39, 0.29) is 11.3 Å². The van der Waals surface area contributed by atoms with E-state index in [2.05, 4.69) is 4.90 Å². The van der Waals surface area contributed by atoms with Crippen LogP contribution < -0.4 is 0 Å². The van der Waals surface area contributed by atoms with E-state index in [4.69, 9.17) is 0 Å². The third-order valence-corrected chi connectivity index (χ3v) is 3.95. The Morgan fingerprint density at radius 3 is 2.35 bits per heavy atom. The molecular weight excluding hydrogens is 305 g/mol. The largest absolute Gasteiger partial charge is 0.418 e. The third kappa shape index (κ3) is 3.76. The van der Waals surface area contributed by atoms with E-state index in [1.807, 2.05) is 19.9 Å². The summed E-state index contributed by atoms with van der Waals surface area (Å²) in [6.45, 7) is 5.77. The highest BCUT2D eigenvalue weighted by atomic mass is 19.4. The minimum absolute atomic E-state index is 0.00894. The Balaban J connectivity index is 2.57. The van der Waals surface area contributed by atoms with Crippen molar-refractivity contribution in [2.75, 3.05) is 13.1 Å². The highest BCUT2D eigenvalue weighted by Gasteiger charge is 2.35. The average Bonchev–Trinajstić information content (AvgIpc) is 2.98. The number of benzene rings is 1. The van der Waals surface area contributed by atoms with Crippen LogP contribution in [0.1, 0.15) is 30.7 Å². The fourth-order valence-electron chi connectivity index (χ4n) is 2.67. The Morgan fingerprint density at radius 1 is 1.09 bits per heavy atom. The van der Waals surface area contributed by atoms with Crippen molar-refractivity contribution in [3.8, 4) is 5.69 Å². The highest BCUT2D eigenvalue weighted by Crippen LogP contribution is 2.36. The Labute approximate surface area is 134 Å². The smallest absolute Gasteiger partial charge is 0.392 e. The summed E-state index contributed by atoms with van der Waals surface area (Å²) in [6, 6.07) is 7.44. The zero-order valence-corrected chi connectivity index (χ0v) is 13.3. The Bertz CT molecular complexity index is 646. The summed E-state index contributed by atoms with van der Waals surface area (Å²) in [5.41, 5.74) is 0.299. The van der Waals surface area contributed by atoms with Crippen molar-refractivity contribution in [1.82, 2.24) is 9.47 Å². The van der Waals surface area contributed by atoms with Gasteiger partial charge in [-0.15, -0.1) is 0 Å². The first-order valence-corrected chi connectivity index (χ1v) is 7.61. The molecule has 0 spiro atoms. The van der Waals surface area contributed by atoms with Gasteiger partial charge in [0.25, 0.3) is 0 Å². The fraction of sp³-hybridized carbons (Fsp3) is 0.412. The van der Waals surface area contributed by atoms with E-state index < -0.39 is 18.3 Å². The number of para-hydroxylation sites is 1. The molecule has 0 unspecified atom stereocenters. The number of aliphatic hydroxyl groups is 1. The fourth-order valence-corrected chi connectivity index (χ4v) is 2.67. The Kier molecular flexibility index (Phi) is 5.49. The molecule has 0 radical (unpaired) electrons. The second-order valence-electron chi connectivity index (χ2n) is 5.30. The summed E-state index contributed by atoms with van der Waals surface area (Å²) in [5, 5.41) is 9.48. The number of hydrogen-bond acceptors (Lipinski definition) is 2.